The molecule has 1 atom stereocenters. The van der Waals surface area contributed by atoms with Crippen molar-refractivity contribution < 1.29 is 14.3 Å². The smallest absolute Gasteiger partial charge is 0.229 e. The van der Waals surface area contributed by atoms with Gasteiger partial charge in [0.05, 0.1) is 18.7 Å². The van der Waals surface area contributed by atoms with Crippen LogP contribution in [0, 0.1) is 19.8 Å². The summed E-state index contributed by atoms with van der Waals surface area (Å²) in [5.74, 6) is 1.26. The summed E-state index contributed by atoms with van der Waals surface area (Å²) < 4.78 is 6.92. The molecular weight excluding hydrogens is 470 g/mol. The fourth-order valence-electron chi connectivity index (χ4n) is 4.29. The van der Waals surface area contributed by atoms with Crippen molar-refractivity contribution in [2.24, 2.45) is 5.92 Å². The SMILES string of the molecule is COc1ccc(N2CC(C(=O)Nc3ccc(Nc4ccc(-n5nc(C)cc5C)nn4)cc3)CC2=O)cc1. The van der Waals surface area contributed by atoms with E-state index in [1.54, 1.807) is 41.0 Å². The first-order valence-electron chi connectivity index (χ1n) is 11.9. The van der Waals surface area contributed by atoms with Gasteiger partial charge in [0.15, 0.2) is 11.6 Å². The molecule has 2 aromatic heterocycles. The number of rotatable bonds is 7. The Morgan fingerprint density at radius 3 is 2.32 bits per heavy atom. The van der Waals surface area contributed by atoms with Crippen LogP contribution in [0.25, 0.3) is 5.82 Å². The molecule has 37 heavy (non-hydrogen) atoms. The number of ether oxygens (including phenoxy) is 1. The molecule has 0 radical (unpaired) electrons. The summed E-state index contributed by atoms with van der Waals surface area (Å²) in [7, 11) is 1.59. The molecule has 4 aromatic rings. The number of aromatic nitrogens is 4. The van der Waals surface area contributed by atoms with Crippen molar-refractivity contribution >= 4 is 34.7 Å². The average Bonchev–Trinajstić information content (AvgIpc) is 3.46. The van der Waals surface area contributed by atoms with Crippen LogP contribution in [0.15, 0.2) is 66.7 Å². The van der Waals surface area contributed by atoms with E-state index >= 15 is 0 Å². The normalized spacial score (nSPS) is 15.1. The van der Waals surface area contributed by atoms with Crippen LogP contribution < -0.4 is 20.3 Å². The molecule has 10 nitrogen and oxygen atoms in total. The molecule has 1 fully saturated rings. The zero-order valence-corrected chi connectivity index (χ0v) is 20.8. The Hall–Kier alpha value is -4.73. The van der Waals surface area contributed by atoms with E-state index in [-0.39, 0.29) is 18.2 Å². The fraction of sp³-hybridized carbons (Fsp3) is 0.222. The number of carbonyl (C=O) groups is 2. The van der Waals surface area contributed by atoms with Crippen LogP contribution in [-0.4, -0.2) is 45.4 Å². The van der Waals surface area contributed by atoms with Crippen LogP contribution >= 0.6 is 0 Å². The molecular formula is C27H27N7O3. The van der Waals surface area contributed by atoms with E-state index in [2.05, 4.69) is 25.9 Å². The number of hydrogen-bond donors (Lipinski definition) is 2. The van der Waals surface area contributed by atoms with Gasteiger partial charge < -0.3 is 20.3 Å². The molecule has 0 aliphatic carbocycles. The van der Waals surface area contributed by atoms with Crippen LogP contribution in [0.4, 0.5) is 22.9 Å². The maximum atomic E-state index is 12.8. The van der Waals surface area contributed by atoms with Crippen molar-refractivity contribution in [2.75, 3.05) is 29.2 Å². The van der Waals surface area contributed by atoms with E-state index in [0.717, 1.165) is 22.8 Å². The quantitative estimate of drug-likeness (QED) is 0.396. The van der Waals surface area contributed by atoms with Gasteiger partial charge in [0.1, 0.15) is 5.75 Å². The van der Waals surface area contributed by atoms with Crippen LogP contribution in [0.5, 0.6) is 5.75 Å². The van der Waals surface area contributed by atoms with E-state index in [1.165, 1.54) is 0 Å². The Balaban J connectivity index is 1.17. The molecule has 2 N–H and O–H groups in total. The molecule has 0 saturated carbocycles. The van der Waals surface area contributed by atoms with Gasteiger partial charge in [0, 0.05) is 35.7 Å². The molecule has 0 bridgehead atoms. The number of benzene rings is 2. The number of aryl methyl sites for hydroxylation is 2. The zero-order chi connectivity index (χ0) is 25.9. The van der Waals surface area contributed by atoms with Gasteiger partial charge in [-0.15, -0.1) is 10.2 Å². The second-order valence-corrected chi connectivity index (χ2v) is 8.91. The molecule has 2 aromatic carbocycles. The lowest BCUT2D eigenvalue weighted by Gasteiger charge is -2.17. The number of carbonyl (C=O) groups excluding carboxylic acids is 2. The second kappa shape index (κ2) is 10.1. The van der Waals surface area contributed by atoms with Crippen LogP contribution in [-0.2, 0) is 9.59 Å². The number of anilines is 4. The third-order valence-electron chi connectivity index (χ3n) is 6.18. The molecule has 10 heteroatoms. The van der Waals surface area contributed by atoms with Gasteiger partial charge in [0.2, 0.25) is 11.8 Å². The topological polar surface area (TPSA) is 114 Å². The highest BCUT2D eigenvalue weighted by atomic mass is 16.5. The number of amides is 2. The Kier molecular flexibility index (Phi) is 6.55. The highest BCUT2D eigenvalue weighted by Crippen LogP contribution is 2.28. The van der Waals surface area contributed by atoms with E-state index in [1.807, 2.05) is 56.3 Å². The Labute approximate surface area is 214 Å². The van der Waals surface area contributed by atoms with Gasteiger partial charge >= 0.3 is 0 Å². The standard InChI is InChI=1S/C27H27N7O3/c1-17-14-18(2)34(32-17)25-13-12-24(30-31-25)28-20-4-6-21(7-5-20)29-27(36)19-15-26(35)33(16-19)22-8-10-23(37-3)11-9-22/h4-14,19H,15-16H2,1-3H3,(H,28,30)(H,29,36). The first kappa shape index (κ1) is 24.0. The summed E-state index contributed by atoms with van der Waals surface area (Å²) in [4.78, 5) is 27.0. The lowest BCUT2D eigenvalue weighted by Crippen LogP contribution is -2.28. The molecule has 188 valence electrons. The molecule has 0 spiro atoms. The van der Waals surface area contributed by atoms with Gasteiger partial charge in [-0.25, -0.2) is 4.68 Å². The van der Waals surface area contributed by atoms with Crippen molar-refractivity contribution in [3.05, 3.63) is 78.1 Å². The van der Waals surface area contributed by atoms with E-state index < -0.39 is 5.92 Å². The molecule has 2 amide bonds. The lowest BCUT2D eigenvalue weighted by atomic mass is 10.1. The van der Waals surface area contributed by atoms with Crippen molar-refractivity contribution in [1.29, 1.82) is 0 Å². The molecule has 5 rings (SSSR count). The number of nitrogens with one attached hydrogen (secondary N) is 2. The van der Waals surface area contributed by atoms with Crippen LogP contribution in [0.3, 0.4) is 0 Å². The minimum Gasteiger partial charge on any atom is -0.497 e. The minimum atomic E-state index is -0.427. The highest BCUT2D eigenvalue weighted by Gasteiger charge is 2.35. The summed E-state index contributed by atoms with van der Waals surface area (Å²) in [6.07, 6.45) is 0.170. The lowest BCUT2D eigenvalue weighted by molar-refractivity contribution is -0.122. The summed E-state index contributed by atoms with van der Waals surface area (Å²) in [6, 6.07) is 20.2. The maximum Gasteiger partial charge on any atom is 0.229 e. The third kappa shape index (κ3) is 5.27. The van der Waals surface area contributed by atoms with Gasteiger partial charge in [0.25, 0.3) is 0 Å². The Morgan fingerprint density at radius 2 is 1.70 bits per heavy atom. The van der Waals surface area contributed by atoms with Crippen LogP contribution in [0.2, 0.25) is 0 Å². The molecule has 1 unspecified atom stereocenters. The van der Waals surface area contributed by atoms with Crippen LogP contribution in [0.1, 0.15) is 17.8 Å². The number of nitrogens with zero attached hydrogens (tertiary/aromatic N) is 5. The highest BCUT2D eigenvalue weighted by molar-refractivity contribution is 6.03. The van der Waals surface area contributed by atoms with Crippen molar-refractivity contribution in [1.82, 2.24) is 20.0 Å². The predicted molar refractivity (Wildman–Crippen MR) is 140 cm³/mol. The van der Waals surface area contributed by atoms with Crippen molar-refractivity contribution in [2.45, 2.75) is 20.3 Å². The summed E-state index contributed by atoms with van der Waals surface area (Å²) in [6.45, 7) is 4.24. The Morgan fingerprint density at radius 1 is 0.973 bits per heavy atom. The zero-order valence-electron chi connectivity index (χ0n) is 20.8. The van der Waals surface area contributed by atoms with Gasteiger partial charge in [-0.3, -0.25) is 9.59 Å². The minimum absolute atomic E-state index is 0.0742. The Bertz CT molecular complexity index is 1410. The largest absolute Gasteiger partial charge is 0.497 e. The first-order valence-corrected chi connectivity index (χ1v) is 11.9. The van der Waals surface area contributed by atoms with E-state index in [0.29, 0.717) is 29.6 Å². The maximum absolute atomic E-state index is 12.8. The monoisotopic (exact) mass is 497 g/mol. The van der Waals surface area contributed by atoms with E-state index in [4.69, 9.17) is 4.74 Å². The van der Waals surface area contributed by atoms with Crippen molar-refractivity contribution in [3.63, 3.8) is 0 Å². The fourth-order valence-corrected chi connectivity index (χ4v) is 4.29. The summed E-state index contributed by atoms with van der Waals surface area (Å²) in [5, 5.41) is 19.0. The molecule has 3 heterocycles. The molecule has 1 aliphatic heterocycles. The van der Waals surface area contributed by atoms with Gasteiger partial charge in [-0.05, 0) is 80.6 Å². The first-order chi connectivity index (χ1) is 17.9. The average molecular weight is 498 g/mol. The third-order valence-corrected chi connectivity index (χ3v) is 6.18. The predicted octanol–water partition coefficient (Wildman–Crippen LogP) is 4.02. The van der Waals surface area contributed by atoms with Crippen molar-refractivity contribution in [3.8, 4) is 11.6 Å². The van der Waals surface area contributed by atoms with Gasteiger partial charge in [-0.1, -0.05) is 0 Å². The summed E-state index contributed by atoms with van der Waals surface area (Å²) in [5.41, 5.74) is 4.11. The second-order valence-electron chi connectivity index (χ2n) is 8.91. The number of hydrogen-bond acceptors (Lipinski definition) is 7. The van der Waals surface area contributed by atoms with E-state index in [9.17, 15) is 9.59 Å². The number of methoxy groups -OCH3 is 1. The molecule has 1 saturated heterocycles. The molecule has 1 aliphatic rings. The summed E-state index contributed by atoms with van der Waals surface area (Å²) >= 11 is 0. The van der Waals surface area contributed by atoms with Gasteiger partial charge in [-0.2, -0.15) is 5.10 Å².